The first-order chi connectivity index (χ1) is 18.3. The molecule has 1 aromatic carbocycles. The molecule has 0 spiro atoms. The molecular weight excluding hydrogens is 564 g/mol. The van der Waals surface area contributed by atoms with Gasteiger partial charge in [-0.3, -0.25) is 28.2 Å². The first-order valence-electron chi connectivity index (χ1n) is 11.8. The lowest BCUT2D eigenvalue weighted by Crippen LogP contribution is -2.42. The lowest BCUT2D eigenvalue weighted by atomic mass is 10.1. The van der Waals surface area contributed by atoms with E-state index in [-0.39, 0.29) is 6.61 Å². The Morgan fingerprint density at radius 3 is 2.62 bits per heavy atom. The number of hydrogen-bond donors (Lipinski definition) is 3. The van der Waals surface area contributed by atoms with Crippen molar-refractivity contribution in [3.8, 4) is 5.75 Å². The van der Waals surface area contributed by atoms with E-state index in [1.54, 1.807) is 38.1 Å². The summed E-state index contributed by atoms with van der Waals surface area (Å²) in [6.45, 7) is 3.62. The molecule has 13 nitrogen and oxygen atoms in total. The number of nitrogens with one attached hydrogen (secondary N) is 2. The zero-order chi connectivity index (χ0) is 29.0. The highest BCUT2D eigenvalue weighted by atomic mass is 35.5. The Bertz CT molecular complexity index is 1320. The van der Waals surface area contributed by atoms with E-state index in [9.17, 15) is 24.1 Å². The number of hydrogen-bond acceptors (Lipinski definition) is 10. The van der Waals surface area contributed by atoms with Crippen molar-refractivity contribution in [2.45, 2.75) is 63.1 Å². The molecule has 1 fully saturated rings. The highest BCUT2D eigenvalue weighted by Crippen LogP contribution is 2.49. The van der Waals surface area contributed by atoms with Crippen LogP contribution in [0.1, 0.15) is 32.6 Å². The topological polar surface area (TPSA) is 167 Å². The Morgan fingerprint density at radius 1 is 1.28 bits per heavy atom. The third-order valence-corrected chi connectivity index (χ3v) is 7.60. The third kappa shape index (κ3) is 7.54. The summed E-state index contributed by atoms with van der Waals surface area (Å²) in [5.74, 6) is -0.308. The highest BCUT2D eigenvalue weighted by molar-refractivity contribution is 7.51. The van der Waals surface area contributed by atoms with Gasteiger partial charge in [0.2, 0.25) is 0 Å². The van der Waals surface area contributed by atoms with Crippen LogP contribution in [0.15, 0.2) is 46.1 Å². The molecule has 39 heavy (non-hydrogen) atoms. The molecule has 6 atom stereocenters. The van der Waals surface area contributed by atoms with Crippen LogP contribution >= 0.6 is 19.3 Å². The Labute approximate surface area is 227 Å². The minimum Gasteiger partial charge on any atom is -0.496 e. The van der Waals surface area contributed by atoms with E-state index >= 15 is 4.39 Å². The van der Waals surface area contributed by atoms with Gasteiger partial charge >= 0.3 is 19.4 Å². The number of carbonyl (C=O) groups excluding carboxylic acids is 1. The zero-order valence-electron chi connectivity index (χ0n) is 21.5. The zero-order valence-corrected chi connectivity index (χ0v) is 23.2. The fourth-order valence-corrected chi connectivity index (χ4v) is 5.36. The van der Waals surface area contributed by atoms with Crippen molar-refractivity contribution < 1.29 is 42.1 Å². The van der Waals surface area contributed by atoms with E-state index < -0.39 is 67.3 Å². The van der Waals surface area contributed by atoms with E-state index in [1.807, 2.05) is 4.98 Å². The normalized spacial score (nSPS) is 25.3. The minimum atomic E-state index is -4.38. The molecule has 0 saturated carbocycles. The van der Waals surface area contributed by atoms with Gasteiger partial charge in [0.05, 0.1) is 26.4 Å². The van der Waals surface area contributed by atoms with Gasteiger partial charge in [-0.1, -0.05) is 29.8 Å². The van der Waals surface area contributed by atoms with Crippen molar-refractivity contribution in [3.05, 3.63) is 62.9 Å². The summed E-state index contributed by atoms with van der Waals surface area (Å²) in [5, 5.41) is 9.93. The van der Waals surface area contributed by atoms with Gasteiger partial charge < -0.3 is 19.3 Å². The predicted octanol–water partition coefficient (Wildman–Crippen LogP) is 1.98. The van der Waals surface area contributed by atoms with Crippen molar-refractivity contribution in [2.24, 2.45) is 0 Å². The number of esters is 1. The first-order valence-corrected chi connectivity index (χ1v) is 13.7. The molecule has 216 valence electrons. The van der Waals surface area contributed by atoms with Gasteiger partial charge in [-0.2, -0.15) is 0 Å². The summed E-state index contributed by atoms with van der Waals surface area (Å²) in [6.07, 6.45) is -4.97. The third-order valence-electron chi connectivity index (χ3n) is 5.53. The number of carbonyl (C=O) groups is 1. The molecule has 1 aliphatic heterocycles. The molecule has 0 radical (unpaired) electrons. The quantitative estimate of drug-likeness (QED) is 0.187. The van der Waals surface area contributed by atoms with Crippen molar-refractivity contribution in [3.63, 3.8) is 0 Å². The second-order valence-electron chi connectivity index (χ2n) is 8.88. The fourth-order valence-electron chi connectivity index (χ4n) is 3.60. The maximum atomic E-state index is 15.3. The standard InChI is InChI=1S/C23H30ClFN3O10P/c1-13(2)37-20(31)14(3)27-39(33,35-11-15-7-5-6-8-16(15)34-4)36-12-17-19(30)23(24,25)21(38-17)28-10-9-18(29)26-22(28)32/h5-10,13-14,17,19,21,30H,11-12H2,1-4H3,(H,27,33)(H,26,29,32)/t14-,17+,19+,21+,23+,39?/m0/s1. The van der Waals surface area contributed by atoms with E-state index in [4.69, 9.17) is 34.9 Å². The number of benzene rings is 1. The molecule has 16 heteroatoms. The van der Waals surface area contributed by atoms with Crippen molar-refractivity contribution >= 4 is 25.3 Å². The first kappa shape index (κ1) is 31.0. The van der Waals surface area contributed by atoms with Gasteiger partial charge in [-0.25, -0.2) is 18.8 Å². The molecule has 2 aromatic rings. The maximum absolute atomic E-state index is 15.3. The lowest BCUT2D eigenvalue weighted by molar-refractivity contribution is -0.149. The molecule has 0 aliphatic carbocycles. The Morgan fingerprint density at radius 2 is 1.97 bits per heavy atom. The van der Waals surface area contributed by atoms with Crippen LogP contribution < -0.4 is 21.1 Å². The molecule has 1 aliphatic rings. The number of halogens is 2. The van der Waals surface area contributed by atoms with Crippen LogP contribution in [-0.2, 0) is 34.5 Å². The molecule has 1 unspecified atom stereocenters. The lowest BCUT2D eigenvalue weighted by Gasteiger charge is -2.25. The van der Waals surface area contributed by atoms with Crippen LogP contribution in [0.2, 0.25) is 0 Å². The molecule has 0 amide bonds. The van der Waals surface area contributed by atoms with Gasteiger partial charge in [0.15, 0.2) is 6.23 Å². The second-order valence-corrected chi connectivity index (χ2v) is 11.2. The van der Waals surface area contributed by atoms with Gasteiger partial charge in [0, 0.05) is 17.8 Å². The molecule has 3 N–H and O–H groups in total. The Kier molecular flexibility index (Phi) is 10.1. The van der Waals surface area contributed by atoms with Crippen molar-refractivity contribution in [2.75, 3.05) is 13.7 Å². The SMILES string of the molecule is COc1ccccc1COP(=O)(N[C@@H](C)C(=O)OC(C)C)OC[C@H]1O[C@@H](n2ccc(=O)[nH]c2=O)[C@@](F)(Cl)[C@@H]1O. The molecule has 2 heterocycles. The van der Waals surface area contributed by atoms with Gasteiger partial charge in [-0.15, -0.1) is 0 Å². The molecule has 1 aromatic heterocycles. The number of aromatic amines is 1. The number of aromatic nitrogens is 2. The van der Waals surface area contributed by atoms with Crippen LogP contribution in [-0.4, -0.2) is 63.8 Å². The average molecular weight is 594 g/mol. The molecule has 3 rings (SSSR count). The average Bonchev–Trinajstić information content (AvgIpc) is 3.09. The number of alkyl halides is 2. The fraction of sp³-hybridized carbons (Fsp3) is 0.522. The summed E-state index contributed by atoms with van der Waals surface area (Å²) >= 11 is 5.88. The number of H-pyrrole nitrogens is 1. The summed E-state index contributed by atoms with van der Waals surface area (Å²) < 4.78 is 56.4. The number of para-hydroxylation sites is 1. The Balaban J connectivity index is 1.80. The number of rotatable bonds is 12. The number of ether oxygens (including phenoxy) is 3. The summed E-state index contributed by atoms with van der Waals surface area (Å²) in [4.78, 5) is 37.8. The summed E-state index contributed by atoms with van der Waals surface area (Å²) in [7, 11) is -2.94. The second kappa shape index (κ2) is 12.7. The minimum absolute atomic E-state index is 0.285. The van der Waals surface area contributed by atoms with Gasteiger partial charge in [0.1, 0.15) is 24.0 Å². The van der Waals surface area contributed by atoms with Crippen molar-refractivity contribution in [1.82, 2.24) is 14.6 Å². The van der Waals surface area contributed by atoms with Crippen LogP contribution in [0.4, 0.5) is 4.39 Å². The number of nitrogens with zero attached hydrogens (tertiary/aromatic N) is 1. The van der Waals surface area contributed by atoms with E-state index in [0.717, 1.165) is 12.3 Å². The highest BCUT2D eigenvalue weighted by Gasteiger charge is 2.58. The van der Waals surface area contributed by atoms with Crippen LogP contribution in [0.25, 0.3) is 0 Å². The van der Waals surface area contributed by atoms with Gasteiger partial charge in [0.25, 0.3) is 10.7 Å². The van der Waals surface area contributed by atoms with Crippen LogP contribution in [0.5, 0.6) is 5.75 Å². The van der Waals surface area contributed by atoms with Crippen LogP contribution in [0.3, 0.4) is 0 Å². The predicted molar refractivity (Wildman–Crippen MR) is 136 cm³/mol. The maximum Gasteiger partial charge on any atom is 0.406 e. The number of aliphatic hydroxyl groups is 1. The smallest absolute Gasteiger partial charge is 0.406 e. The van der Waals surface area contributed by atoms with E-state index in [2.05, 4.69) is 5.09 Å². The van der Waals surface area contributed by atoms with Gasteiger partial charge in [-0.05, 0) is 26.8 Å². The number of methoxy groups -OCH3 is 1. The Hall–Kier alpha value is -2.58. The molecule has 1 saturated heterocycles. The molecular formula is C23H30ClFN3O10P. The monoisotopic (exact) mass is 593 g/mol. The van der Waals surface area contributed by atoms with E-state index in [1.165, 1.54) is 14.0 Å². The largest absolute Gasteiger partial charge is 0.496 e. The van der Waals surface area contributed by atoms with Crippen molar-refractivity contribution in [1.29, 1.82) is 0 Å². The molecule has 0 bridgehead atoms. The summed E-state index contributed by atoms with van der Waals surface area (Å²) in [6, 6.07) is 6.51. The van der Waals surface area contributed by atoms with E-state index in [0.29, 0.717) is 15.9 Å². The van der Waals surface area contributed by atoms with Crippen LogP contribution in [0, 0.1) is 0 Å². The summed E-state index contributed by atoms with van der Waals surface area (Å²) in [5.41, 5.74) is -1.27. The number of aliphatic hydroxyl groups excluding tert-OH is 1.